The molecule has 2 heterocycles. The molecular weight excluding hydrogens is 450 g/mol. The van der Waals surface area contributed by atoms with E-state index in [2.05, 4.69) is 0 Å². The number of nitro groups is 1. The second-order valence-electron chi connectivity index (χ2n) is 9.34. The Bertz CT molecular complexity index is 1350. The number of allylic oxidation sites excluding steroid dienone is 3. The van der Waals surface area contributed by atoms with Crippen LogP contribution in [0.1, 0.15) is 43.2 Å². The van der Waals surface area contributed by atoms with Crippen LogP contribution < -0.4 is 5.73 Å². The summed E-state index contributed by atoms with van der Waals surface area (Å²) in [4.78, 5) is 29.0. The van der Waals surface area contributed by atoms with Crippen LogP contribution in [0.2, 0.25) is 0 Å². The van der Waals surface area contributed by atoms with Gasteiger partial charge in [0.05, 0.1) is 16.2 Å². The molecule has 1 aliphatic heterocycles. The molecule has 0 amide bonds. The highest BCUT2D eigenvalue weighted by atomic mass is 32.1. The minimum absolute atomic E-state index is 0.000517. The molecule has 0 spiro atoms. The molecule has 1 aromatic heterocycles. The van der Waals surface area contributed by atoms with Gasteiger partial charge in [0.15, 0.2) is 11.7 Å². The number of aromatic nitrogens is 1. The Morgan fingerprint density at radius 3 is 2.47 bits per heavy atom. The van der Waals surface area contributed by atoms with Gasteiger partial charge in [0, 0.05) is 47.4 Å². The van der Waals surface area contributed by atoms with E-state index in [4.69, 9.17) is 15.5 Å². The van der Waals surface area contributed by atoms with Crippen LogP contribution in [-0.2, 0) is 9.53 Å². The number of thiazole rings is 1. The van der Waals surface area contributed by atoms with E-state index in [1.165, 1.54) is 23.5 Å². The van der Waals surface area contributed by atoms with Gasteiger partial charge in [-0.05, 0) is 11.0 Å². The molecular formula is C26H23N3O4S. The number of non-ortho nitro benzene ring substituents is 1. The quantitative estimate of drug-likeness (QED) is 0.379. The van der Waals surface area contributed by atoms with Gasteiger partial charge in [-0.3, -0.25) is 14.9 Å². The summed E-state index contributed by atoms with van der Waals surface area (Å²) in [6.07, 6.45) is 0.970. The van der Waals surface area contributed by atoms with Gasteiger partial charge in [-0.2, -0.15) is 0 Å². The van der Waals surface area contributed by atoms with E-state index in [1.807, 2.05) is 49.6 Å². The van der Waals surface area contributed by atoms with Gasteiger partial charge in [0.25, 0.3) is 5.69 Å². The van der Waals surface area contributed by atoms with E-state index in [-0.39, 0.29) is 22.8 Å². The molecule has 34 heavy (non-hydrogen) atoms. The van der Waals surface area contributed by atoms with Crippen molar-refractivity contribution in [1.82, 2.24) is 4.98 Å². The molecule has 5 rings (SSSR count). The van der Waals surface area contributed by atoms with Crippen molar-refractivity contribution in [1.29, 1.82) is 0 Å². The van der Waals surface area contributed by atoms with Crippen molar-refractivity contribution in [3.05, 3.63) is 97.9 Å². The Balaban J connectivity index is 1.65. The lowest BCUT2D eigenvalue weighted by Gasteiger charge is -2.38. The summed E-state index contributed by atoms with van der Waals surface area (Å²) in [5.74, 6) is 0.273. The molecule has 0 saturated heterocycles. The summed E-state index contributed by atoms with van der Waals surface area (Å²) in [6, 6.07) is 16.1. The average Bonchev–Trinajstić information content (AvgIpc) is 3.27. The zero-order valence-electron chi connectivity index (χ0n) is 18.8. The summed E-state index contributed by atoms with van der Waals surface area (Å²) >= 11 is 1.43. The van der Waals surface area contributed by atoms with Crippen molar-refractivity contribution < 1.29 is 14.5 Å². The van der Waals surface area contributed by atoms with E-state index in [1.54, 1.807) is 12.1 Å². The van der Waals surface area contributed by atoms with Crippen LogP contribution in [0.4, 0.5) is 5.69 Å². The minimum Gasteiger partial charge on any atom is -0.445 e. The molecule has 1 aliphatic carbocycles. The second kappa shape index (κ2) is 8.22. The Labute approximate surface area is 200 Å². The predicted octanol–water partition coefficient (Wildman–Crippen LogP) is 5.80. The molecule has 2 N–H and O–H groups in total. The molecule has 8 heteroatoms. The van der Waals surface area contributed by atoms with Crippen LogP contribution in [0.5, 0.6) is 0 Å². The molecule has 0 saturated carbocycles. The van der Waals surface area contributed by atoms with Crippen LogP contribution in [0.15, 0.2) is 77.2 Å². The number of carbonyl (C=O) groups is 1. The number of ether oxygens (including phenoxy) is 1. The number of hydrogen-bond donors (Lipinski definition) is 1. The number of Topliss-reactive ketones (excluding diaryl/α,β-unsaturated/α-hetero) is 1. The highest BCUT2D eigenvalue weighted by Gasteiger charge is 2.43. The molecule has 2 aromatic carbocycles. The van der Waals surface area contributed by atoms with E-state index in [0.29, 0.717) is 34.8 Å². The lowest BCUT2D eigenvalue weighted by Crippen LogP contribution is -2.33. The largest absolute Gasteiger partial charge is 0.445 e. The monoisotopic (exact) mass is 473 g/mol. The second-order valence-corrected chi connectivity index (χ2v) is 10.2. The molecule has 172 valence electrons. The van der Waals surface area contributed by atoms with E-state index < -0.39 is 10.8 Å². The Hall–Kier alpha value is -3.78. The first-order valence-corrected chi connectivity index (χ1v) is 11.8. The summed E-state index contributed by atoms with van der Waals surface area (Å²) in [5.41, 5.74) is 9.92. The van der Waals surface area contributed by atoms with E-state index in [9.17, 15) is 14.9 Å². The highest BCUT2D eigenvalue weighted by molar-refractivity contribution is 7.11. The zero-order valence-corrected chi connectivity index (χ0v) is 19.6. The van der Waals surface area contributed by atoms with Crippen LogP contribution in [0, 0.1) is 15.5 Å². The Morgan fingerprint density at radius 2 is 1.79 bits per heavy atom. The van der Waals surface area contributed by atoms with Crippen molar-refractivity contribution in [3.8, 4) is 11.3 Å². The van der Waals surface area contributed by atoms with Gasteiger partial charge in [0.2, 0.25) is 0 Å². The van der Waals surface area contributed by atoms with Gasteiger partial charge in [-0.15, -0.1) is 11.3 Å². The summed E-state index contributed by atoms with van der Waals surface area (Å²) in [7, 11) is 0. The molecule has 0 fully saturated rings. The molecule has 0 bridgehead atoms. The van der Waals surface area contributed by atoms with Gasteiger partial charge in [-0.1, -0.05) is 56.3 Å². The number of carbonyl (C=O) groups excluding carboxylic acids is 1. The smallest absolute Gasteiger partial charge is 0.269 e. The van der Waals surface area contributed by atoms with Gasteiger partial charge >= 0.3 is 0 Å². The Morgan fingerprint density at radius 1 is 1.09 bits per heavy atom. The first-order chi connectivity index (χ1) is 16.2. The summed E-state index contributed by atoms with van der Waals surface area (Å²) in [5, 5.41) is 13.8. The summed E-state index contributed by atoms with van der Waals surface area (Å²) < 4.78 is 6.07. The fourth-order valence-electron chi connectivity index (χ4n) is 4.65. The number of rotatable bonds is 4. The fourth-order valence-corrected chi connectivity index (χ4v) is 5.56. The maximum Gasteiger partial charge on any atom is 0.269 e. The van der Waals surface area contributed by atoms with Gasteiger partial charge in [-0.25, -0.2) is 4.98 Å². The third-order valence-electron chi connectivity index (χ3n) is 6.20. The van der Waals surface area contributed by atoms with Crippen molar-refractivity contribution in [3.63, 3.8) is 0 Å². The fraction of sp³-hybridized carbons (Fsp3) is 0.231. The first kappa shape index (κ1) is 22.0. The number of ketones is 1. The first-order valence-electron chi connectivity index (χ1n) is 10.9. The van der Waals surface area contributed by atoms with Gasteiger partial charge in [0.1, 0.15) is 10.8 Å². The molecule has 2 aliphatic rings. The number of hydrogen-bond acceptors (Lipinski definition) is 7. The lowest BCUT2D eigenvalue weighted by atomic mass is 9.70. The lowest BCUT2D eigenvalue weighted by molar-refractivity contribution is -0.384. The highest BCUT2D eigenvalue weighted by Crippen LogP contribution is 2.51. The normalized spacial score (nSPS) is 19.6. The maximum atomic E-state index is 13.4. The van der Waals surface area contributed by atoms with Crippen molar-refractivity contribution in [2.75, 3.05) is 0 Å². The molecule has 7 nitrogen and oxygen atoms in total. The topological polar surface area (TPSA) is 108 Å². The Kier molecular flexibility index (Phi) is 5.32. The summed E-state index contributed by atoms with van der Waals surface area (Å²) in [6.45, 7) is 4.06. The zero-order chi connectivity index (χ0) is 24.0. The van der Waals surface area contributed by atoms with Gasteiger partial charge < -0.3 is 10.5 Å². The van der Waals surface area contributed by atoms with Crippen molar-refractivity contribution in [2.24, 2.45) is 11.1 Å². The minimum atomic E-state index is -0.511. The number of nitro benzene ring substituents is 1. The van der Waals surface area contributed by atoms with Crippen LogP contribution >= 0.6 is 11.3 Å². The van der Waals surface area contributed by atoms with Crippen molar-refractivity contribution >= 4 is 28.4 Å². The third kappa shape index (κ3) is 3.90. The van der Waals surface area contributed by atoms with Crippen molar-refractivity contribution in [2.45, 2.75) is 32.6 Å². The maximum absolute atomic E-state index is 13.4. The number of benzene rings is 2. The van der Waals surface area contributed by atoms with Crippen LogP contribution in [-0.4, -0.2) is 15.7 Å². The van der Waals surface area contributed by atoms with E-state index in [0.717, 1.165) is 16.8 Å². The molecule has 0 radical (unpaired) electrons. The van der Waals surface area contributed by atoms with E-state index >= 15 is 0 Å². The third-order valence-corrected chi connectivity index (χ3v) is 7.07. The molecule has 1 atom stereocenters. The molecule has 3 aromatic rings. The number of nitrogens with two attached hydrogens (primary N) is 1. The van der Waals surface area contributed by atoms with Crippen LogP contribution in [0.3, 0.4) is 0 Å². The number of nitrogens with zero attached hydrogens (tertiary/aromatic N) is 2. The molecule has 1 unspecified atom stereocenters. The average molecular weight is 474 g/mol. The SMILES string of the molecule is CC1(C)CC(=O)C2=C(C1)OC(N)=C(c1nc(-c3ccccc3)cs1)C2c1ccc([N+](=O)[O-])cc1. The predicted molar refractivity (Wildman–Crippen MR) is 131 cm³/mol. The standard InChI is InChI=1S/C26H23N3O4S/c1-26(2)12-19(30)22-20(13-26)33-24(27)23(21(22)16-8-10-17(11-9-16)29(31)32)25-28-18(14-34-25)15-6-4-3-5-7-15/h3-11,14,21H,12-13,27H2,1-2H3. The van der Waals surface area contributed by atoms with Crippen LogP contribution in [0.25, 0.3) is 16.8 Å².